The average molecular weight is 381 g/mol. The van der Waals surface area contributed by atoms with Crippen molar-refractivity contribution in [3.05, 3.63) is 42.0 Å². The molecule has 0 radical (unpaired) electrons. The van der Waals surface area contributed by atoms with E-state index in [-0.39, 0.29) is 11.8 Å². The summed E-state index contributed by atoms with van der Waals surface area (Å²) >= 11 is 0. The highest BCUT2D eigenvalue weighted by Crippen LogP contribution is 2.60. The first-order valence-corrected chi connectivity index (χ1v) is 10.7. The van der Waals surface area contributed by atoms with E-state index in [1.54, 1.807) is 13.0 Å². The fourth-order valence-corrected chi connectivity index (χ4v) is 6.45. The zero-order chi connectivity index (χ0) is 19.7. The van der Waals surface area contributed by atoms with Gasteiger partial charge in [0.15, 0.2) is 0 Å². The SMILES string of the molecule is CC(NC(=O)/C=C/c1ccccc1)C(=O)N(C)CC12CC3CC(CC(C3)C1)C2. The molecule has 1 aromatic rings. The van der Waals surface area contributed by atoms with E-state index in [1.807, 2.05) is 42.3 Å². The molecule has 0 saturated heterocycles. The minimum atomic E-state index is -0.508. The molecule has 4 heteroatoms. The highest BCUT2D eigenvalue weighted by molar-refractivity contribution is 5.95. The van der Waals surface area contributed by atoms with Gasteiger partial charge < -0.3 is 10.2 Å². The Hall–Kier alpha value is -2.10. The van der Waals surface area contributed by atoms with Crippen LogP contribution in [0, 0.1) is 23.2 Å². The van der Waals surface area contributed by atoms with Gasteiger partial charge >= 0.3 is 0 Å². The van der Waals surface area contributed by atoms with E-state index in [4.69, 9.17) is 0 Å². The lowest BCUT2D eigenvalue weighted by Crippen LogP contribution is -2.53. The van der Waals surface area contributed by atoms with Gasteiger partial charge in [0.2, 0.25) is 11.8 Å². The van der Waals surface area contributed by atoms with E-state index >= 15 is 0 Å². The number of benzene rings is 1. The topological polar surface area (TPSA) is 49.4 Å². The summed E-state index contributed by atoms with van der Waals surface area (Å²) in [6, 6.07) is 9.19. The largest absolute Gasteiger partial charge is 0.343 e. The van der Waals surface area contributed by atoms with Crippen LogP contribution in [0.15, 0.2) is 36.4 Å². The zero-order valence-electron chi connectivity index (χ0n) is 17.1. The normalized spacial score (nSPS) is 31.7. The van der Waals surface area contributed by atoms with Crippen molar-refractivity contribution >= 4 is 17.9 Å². The van der Waals surface area contributed by atoms with Crippen molar-refractivity contribution in [2.45, 2.75) is 51.5 Å². The molecule has 0 aliphatic heterocycles. The van der Waals surface area contributed by atoms with E-state index in [2.05, 4.69) is 5.32 Å². The summed E-state index contributed by atoms with van der Waals surface area (Å²) in [6.07, 6.45) is 11.4. The third-order valence-corrected chi connectivity index (χ3v) is 7.07. The summed E-state index contributed by atoms with van der Waals surface area (Å²) in [7, 11) is 1.91. The van der Waals surface area contributed by atoms with E-state index in [9.17, 15) is 9.59 Å². The molecular weight excluding hydrogens is 348 g/mol. The van der Waals surface area contributed by atoms with Gasteiger partial charge in [0.25, 0.3) is 0 Å². The van der Waals surface area contributed by atoms with Gasteiger partial charge in [-0.25, -0.2) is 0 Å². The summed E-state index contributed by atoms with van der Waals surface area (Å²) in [4.78, 5) is 26.9. The summed E-state index contributed by atoms with van der Waals surface area (Å²) in [5, 5.41) is 2.82. The van der Waals surface area contributed by atoms with Crippen molar-refractivity contribution in [1.29, 1.82) is 0 Å². The first-order valence-electron chi connectivity index (χ1n) is 10.7. The van der Waals surface area contributed by atoms with Crippen LogP contribution in [0.5, 0.6) is 0 Å². The van der Waals surface area contributed by atoms with Gasteiger partial charge in [0.05, 0.1) is 0 Å². The summed E-state index contributed by atoms with van der Waals surface area (Å²) in [5.74, 6) is 2.44. The zero-order valence-corrected chi connectivity index (χ0v) is 17.1. The fraction of sp³-hybridized carbons (Fsp3) is 0.583. The maximum atomic E-state index is 12.9. The lowest BCUT2D eigenvalue weighted by atomic mass is 9.49. The highest BCUT2D eigenvalue weighted by atomic mass is 16.2. The van der Waals surface area contributed by atoms with Crippen LogP contribution in [0.25, 0.3) is 6.08 Å². The van der Waals surface area contributed by atoms with Gasteiger partial charge in [0.1, 0.15) is 6.04 Å². The Bertz CT molecular complexity index is 720. The first-order chi connectivity index (χ1) is 13.4. The van der Waals surface area contributed by atoms with Crippen molar-refractivity contribution in [1.82, 2.24) is 10.2 Å². The molecule has 5 rings (SSSR count). The van der Waals surface area contributed by atoms with Gasteiger partial charge in [0, 0.05) is 19.7 Å². The molecule has 4 fully saturated rings. The Kier molecular flexibility index (Phi) is 5.31. The Morgan fingerprint density at radius 1 is 1.11 bits per heavy atom. The maximum absolute atomic E-state index is 12.9. The molecule has 4 saturated carbocycles. The lowest BCUT2D eigenvalue weighted by Gasteiger charge is -2.57. The molecule has 0 heterocycles. The third kappa shape index (κ3) is 4.16. The molecule has 1 unspecified atom stereocenters. The Morgan fingerprint density at radius 2 is 1.68 bits per heavy atom. The minimum Gasteiger partial charge on any atom is -0.343 e. The van der Waals surface area contributed by atoms with Crippen LogP contribution in [0.4, 0.5) is 0 Å². The van der Waals surface area contributed by atoms with Gasteiger partial charge in [-0.05, 0) is 80.3 Å². The van der Waals surface area contributed by atoms with Crippen LogP contribution in [0.3, 0.4) is 0 Å². The average Bonchev–Trinajstić information content (AvgIpc) is 2.65. The van der Waals surface area contributed by atoms with Crippen molar-refractivity contribution in [2.24, 2.45) is 23.2 Å². The quantitative estimate of drug-likeness (QED) is 0.762. The smallest absolute Gasteiger partial charge is 0.244 e. The summed E-state index contributed by atoms with van der Waals surface area (Å²) in [6.45, 7) is 2.63. The molecule has 1 N–H and O–H groups in total. The van der Waals surface area contributed by atoms with Gasteiger partial charge in [-0.3, -0.25) is 9.59 Å². The number of amides is 2. The molecule has 28 heavy (non-hydrogen) atoms. The Balaban J connectivity index is 1.31. The Labute approximate surface area is 168 Å². The molecule has 4 nitrogen and oxygen atoms in total. The number of hydrogen-bond donors (Lipinski definition) is 1. The third-order valence-electron chi connectivity index (χ3n) is 7.07. The second-order valence-electron chi connectivity index (χ2n) is 9.59. The van der Waals surface area contributed by atoms with Gasteiger partial charge in [-0.1, -0.05) is 30.3 Å². The standard InChI is InChI=1S/C24H32N2O2/c1-17(25-22(27)9-8-18-6-4-3-5-7-18)23(28)26(2)16-24-13-19-10-20(14-24)12-21(11-19)15-24/h3-9,17,19-21H,10-16H2,1-2H3,(H,25,27)/b9-8+. The maximum Gasteiger partial charge on any atom is 0.244 e. The molecule has 4 bridgehead atoms. The molecule has 0 aromatic heterocycles. The van der Waals surface area contributed by atoms with Crippen molar-refractivity contribution in [3.8, 4) is 0 Å². The van der Waals surface area contributed by atoms with Gasteiger partial charge in [-0.15, -0.1) is 0 Å². The van der Waals surface area contributed by atoms with Crippen LogP contribution in [0.2, 0.25) is 0 Å². The summed E-state index contributed by atoms with van der Waals surface area (Å²) in [5.41, 5.74) is 1.30. The predicted octanol–water partition coefficient (Wildman–Crippen LogP) is 3.88. The predicted molar refractivity (Wildman–Crippen MR) is 111 cm³/mol. The molecular formula is C24H32N2O2. The van der Waals surface area contributed by atoms with E-state index in [1.165, 1.54) is 44.6 Å². The molecule has 1 aromatic carbocycles. The molecule has 150 valence electrons. The van der Waals surface area contributed by atoms with Crippen molar-refractivity contribution < 1.29 is 9.59 Å². The van der Waals surface area contributed by atoms with Crippen LogP contribution < -0.4 is 5.32 Å². The number of likely N-dealkylation sites (N-methyl/N-ethyl adjacent to an activating group) is 1. The van der Waals surface area contributed by atoms with E-state index in [0.29, 0.717) is 5.41 Å². The van der Waals surface area contributed by atoms with Crippen LogP contribution >= 0.6 is 0 Å². The van der Waals surface area contributed by atoms with Crippen LogP contribution in [-0.4, -0.2) is 36.3 Å². The number of nitrogens with zero attached hydrogens (tertiary/aromatic N) is 1. The van der Waals surface area contributed by atoms with Crippen LogP contribution in [0.1, 0.15) is 51.0 Å². The second-order valence-corrected chi connectivity index (χ2v) is 9.59. The molecule has 4 aliphatic rings. The number of carbonyl (C=O) groups is 2. The summed E-state index contributed by atoms with van der Waals surface area (Å²) < 4.78 is 0. The van der Waals surface area contributed by atoms with E-state index in [0.717, 1.165) is 29.9 Å². The molecule has 0 spiro atoms. The molecule has 2 amide bonds. The van der Waals surface area contributed by atoms with Crippen molar-refractivity contribution in [2.75, 3.05) is 13.6 Å². The number of hydrogen-bond acceptors (Lipinski definition) is 2. The van der Waals surface area contributed by atoms with Crippen molar-refractivity contribution in [3.63, 3.8) is 0 Å². The minimum absolute atomic E-state index is 0.0113. The monoisotopic (exact) mass is 380 g/mol. The van der Waals surface area contributed by atoms with Crippen LogP contribution in [-0.2, 0) is 9.59 Å². The second kappa shape index (κ2) is 7.73. The highest BCUT2D eigenvalue weighted by Gasteiger charge is 2.51. The lowest BCUT2D eigenvalue weighted by molar-refractivity contribution is -0.138. The fourth-order valence-electron chi connectivity index (χ4n) is 6.45. The van der Waals surface area contributed by atoms with Gasteiger partial charge in [-0.2, -0.15) is 0 Å². The first kappa shape index (κ1) is 19.2. The molecule has 1 atom stereocenters. The molecule has 4 aliphatic carbocycles. The number of carbonyl (C=O) groups excluding carboxylic acids is 2. The number of nitrogens with one attached hydrogen (secondary N) is 1. The Morgan fingerprint density at radius 3 is 2.25 bits per heavy atom. The van der Waals surface area contributed by atoms with E-state index < -0.39 is 6.04 Å². The number of rotatable bonds is 6.